The van der Waals surface area contributed by atoms with Crippen molar-refractivity contribution in [1.82, 2.24) is 5.32 Å². The number of hydrogen-bond acceptors (Lipinski definition) is 6. The van der Waals surface area contributed by atoms with Crippen LogP contribution in [0.25, 0.3) is 0 Å². The number of carbonyl (C=O) groups excluding carboxylic acids is 1. The molecule has 146 valence electrons. The fraction of sp³-hybridized carbons (Fsp3) is 0.833. The average Bonchev–Trinajstić information content (AvgIpc) is 2.58. The summed E-state index contributed by atoms with van der Waals surface area (Å²) in [4.78, 5) is 11.8. The lowest BCUT2D eigenvalue weighted by molar-refractivity contribution is 0.0155. The smallest absolute Gasteiger partial charge is 0.407 e. The third-order valence-corrected chi connectivity index (χ3v) is 3.73. The van der Waals surface area contributed by atoms with Crippen LogP contribution in [0.2, 0.25) is 0 Å². The molecular weight excluding hydrogens is 324 g/mol. The summed E-state index contributed by atoms with van der Waals surface area (Å²) < 4.78 is 21.4. The van der Waals surface area contributed by atoms with Crippen molar-refractivity contribution < 1.29 is 23.7 Å². The van der Waals surface area contributed by atoms with E-state index in [1.165, 1.54) is 0 Å². The minimum Gasteiger partial charge on any atom is -0.446 e. The molecule has 0 radical (unpaired) electrons. The monoisotopic (exact) mass is 358 g/mol. The van der Waals surface area contributed by atoms with E-state index in [1.807, 2.05) is 0 Å². The van der Waals surface area contributed by atoms with Gasteiger partial charge in [-0.2, -0.15) is 0 Å². The van der Waals surface area contributed by atoms with Gasteiger partial charge in [0.2, 0.25) is 0 Å². The Labute approximate surface area is 151 Å². The van der Waals surface area contributed by atoms with Crippen LogP contribution in [-0.2, 0) is 18.9 Å². The second-order valence-electron chi connectivity index (χ2n) is 5.91. The molecule has 1 rings (SSSR count). The Hall–Kier alpha value is -1.15. The number of rotatable bonds is 13. The summed E-state index contributed by atoms with van der Waals surface area (Å²) in [5, 5.41) is 2.78. The first-order chi connectivity index (χ1) is 12.3. The second kappa shape index (κ2) is 16.3. The minimum atomic E-state index is -0.324. The van der Waals surface area contributed by atoms with E-state index in [9.17, 15) is 4.79 Å². The number of amides is 1. The lowest BCUT2D eigenvalue weighted by atomic mass is 10.0. The maximum atomic E-state index is 11.8. The van der Waals surface area contributed by atoms with Crippen LogP contribution in [0.1, 0.15) is 38.5 Å². The zero-order valence-electron chi connectivity index (χ0n) is 15.3. The number of nitrogens with two attached hydrogens (primary N) is 1. The SMILES string of the molecule is NCCOCCOCCOCCCNC(=O)OC1CC/C=C\CCC1. The van der Waals surface area contributed by atoms with Crippen molar-refractivity contribution in [2.24, 2.45) is 5.73 Å². The molecular formula is C18H34N2O5. The van der Waals surface area contributed by atoms with Crippen molar-refractivity contribution in [3.05, 3.63) is 12.2 Å². The van der Waals surface area contributed by atoms with Crippen molar-refractivity contribution in [1.29, 1.82) is 0 Å². The predicted octanol–water partition coefficient (Wildman–Crippen LogP) is 2.00. The maximum absolute atomic E-state index is 11.8. The highest BCUT2D eigenvalue weighted by Crippen LogP contribution is 2.15. The Balaban J connectivity index is 1.85. The molecule has 0 aromatic heterocycles. The largest absolute Gasteiger partial charge is 0.446 e. The fourth-order valence-electron chi connectivity index (χ4n) is 2.43. The van der Waals surface area contributed by atoms with E-state index in [0.29, 0.717) is 52.7 Å². The molecule has 1 aliphatic carbocycles. The third-order valence-electron chi connectivity index (χ3n) is 3.73. The molecule has 0 saturated carbocycles. The lowest BCUT2D eigenvalue weighted by Gasteiger charge is -2.18. The maximum Gasteiger partial charge on any atom is 0.407 e. The van der Waals surface area contributed by atoms with Crippen molar-refractivity contribution >= 4 is 6.09 Å². The summed E-state index contributed by atoms with van der Waals surface area (Å²) in [6.07, 6.45) is 9.81. The second-order valence-corrected chi connectivity index (χ2v) is 5.91. The van der Waals surface area contributed by atoms with Gasteiger partial charge >= 0.3 is 6.09 Å². The molecule has 25 heavy (non-hydrogen) atoms. The quantitative estimate of drug-likeness (QED) is 0.386. The average molecular weight is 358 g/mol. The van der Waals surface area contributed by atoms with Crippen molar-refractivity contribution in [2.75, 3.05) is 52.7 Å². The van der Waals surface area contributed by atoms with Gasteiger partial charge in [0, 0.05) is 19.7 Å². The Morgan fingerprint density at radius 2 is 1.64 bits per heavy atom. The topological polar surface area (TPSA) is 92.0 Å². The van der Waals surface area contributed by atoms with E-state index in [2.05, 4.69) is 17.5 Å². The fourth-order valence-corrected chi connectivity index (χ4v) is 2.43. The molecule has 1 atom stereocenters. The van der Waals surface area contributed by atoms with Gasteiger partial charge in [-0.25, -0.2) is 4.79 Å². The first kappa shape index (κ1) is 21.9. The number of alkyl carbamates (subject to hydrolysis) is 1. The van der Waals surface area contributed by atoms with Crippen LogP contribution in [0, 0.1) is 0 Å². The summed E-state index contributed by atoms with van der Waals surface area (Å²) in [6.45, 7) is 4.42. The summed E-state index contributed by atoms with van der Waals surface area (Å²) >= 11 is 0. The number of carbonyl (C=O) groups is 1. The van der Waals surface area contributed by atoms with Crippen LogP contribution in [0.15, 0.2) is 12.2 Å². The van der Waals surface area contributed by atoms with E-state index in [1.54, 1.807) is 0 Å². The van der Waals surface area contributed by atoms with E-state index in [0.717, 1.165) is 38.5 Å². The zero-order chi connectivity index (χ0) is 18.0. The standard InChI is InChI=1S/C18H34N2O5/c19-9-12-23-14-16-24-15-13-22-11-6-10-20-18(21)25-17-7-4-2-1-3-5-8-17/h1-2,17H,3-16,19H2,(H,20,21)/b2-1-. The highest BCUT2D eigenvalue weighted by molar-refractivity contribution is 5.67. The lowest BCUT2D eigenvalue weighted by Crippen LogP contribution is -2.30. The van der Waals surface area contributed by atoms with Crippen molar-refractivity contribution in [3.63, 3.8) is 0 Å². The molecule has 0 aromatic carbocycles. The summed E-state index contributed by atoms with van der Waals surface area (Å²) in [7, 11) is 0. The Kier molecular flexibility index (Phi) is 14.3. The number of hydrogen-bond donors (Lipinski definition) is 2. The van der Waals surface area contributed by atoms with Gasteiger partial charge in [0.15, 0.2) is 0 Å². The summed E-state index contributed by atoms with van der Waals surface area (Å²) in [6, 6.07) is 0. The highest BCUT2D eigenvalue weighted by Gasteiger charge is 2.14. The van der Waals surface area contributed by atoms with Crippen LogP contribution < -0.4 is 11.1 Å². The molecule has 3 N–H and O–H groups in total. The molecule has 0 fully saturated rings. The summed E-state index contributed by atoms with van der Waals surface area (Å²) in [5.41, 5.74) is 5.30. The molecule has 0 aliphatic heterocycles. The van der Waals surface area contributed by atoms with Gasteiger partial charge in [-0.1, -0.05) is 12.2 Å². The molecule has 0 heterocycles. The Bertz CT molecular complexity index is 352. The zero-order valence-corrected chi connectivity index (χ0v) is 15.3. The van der Waals surface area contributed by atoms with E-state index in [4.69, 9.17) is 24.7 Å². The van der Waals surface area contributed by atoms with Gasteiger partial charge in [-0.15, -0.1) is 0 Å². The Morgan fingerprint density at radius 1 is 0.960 bits per heavy atom. The molecule has 0 spiro atoms. The van der Waals surface area contributed by atoms with Gasteiger partial charge in [0.05, 0.1) is 33.0 Å². The van der Waals surface area contributed by atoms with Gasteiger partial charge in [0.25, 0.3) is 0 Å². The van der Waals surface area contributed by atoms with Crippen LogP contribution in [0.5, 0.6) is 0 Å². The van der Waals surface area contributed by atoms with Crippen LogP contribution in [0.3, 0.4) is 0 Å². The minimum absolute atomic E-state index is 0.0344. The van der Waals surface area contributed by atoms with Crippen LogP contribution in [-0.4, -0.2) is 64.9 Å². The number of ether oxygens (including phenoxy) is 4. The Morgan fingerprint density at radius 3 is 2.40 bits per heavy atom. The van der Waals surface area contributed by atoms with Gasteiger partial charge < -0.3 is 30.0 Å². The molecule has 1 aliphatic rings. The molecule has 7 nitrogen and oxygen atoms in total. The van der Waals surface area contributed by atoms with E-state index < -0.39 is 0 Å². The highest BCUT2D eigenvalue weighted by atomic mass is 16.6. The number of allylic oxidation sites excluding steroid dienone is 2. The molecule has 0 bridgehead atoms. The first-order valence-electron chi connectivity index (χ1n) is 9.35. The molecule has 1 unspecified atom stereocenters. The summed E-state index contributed by atoms with van der Waals surface area (Å²) in [5.74, 6) is 0. The van der Waals surface area contributed by atoms with E-state index >= 15 is 0 Å². The van der Waals surface area contributed by atoms with E-state index in [-0.39, 0.29) is 12.2 Å². The van der Waals surface area contributed by atoms with Crippen molar-refractivity contribution in [2.45, 2.75) is 44.6 Å². The van der Waals surface area contributed by atoms with Crippen LogP contribution in [0.4, 0.5) is 4.79 Å². The van der Waals surface area contributed by atoms with Crippen molar-refractivity contribution in [3.8, 4) is 0 Å². The molecule has 1 amide bonds. The molecule has 0 aromatic rings. The third kappa shape index (κ3) is 13.8. The molecule has 0 saturated heterocycles. The molecule has 7 heteroatoms. The first-order valence-corrected chi connectivity index (χ1v) is 9.35. The predicted molar refractivity (Wildman–Crippen MR) is 96.6 cm³/mol. The normalized spacial score (nSPS) is 19.0. The van der Waals surface area contributed by atoms with Gasteiger partial charge in [-0.05, 0) is 38.5 Å². The van der Waals surface area contributed by atoms with Crippen LogP contribution >= 0.6 is 0 Å². The number of nitrogens with one attached hydrogen (secondary N) is 1. The van der Waals surface area contributed by atoms with Gasteiger partial charge in [-0.3, -0.25) is 0 Å². The van der Waals surface area contributed by atoms with Gasteiger partial charge in [0.1, 0.15) is 6.10 Å².